The maximum absolute atomic E-state index is 12.2. The SMILES string of the molecule is CC(NS(=O)(=O)c1ccc(Cl)cc1)C(=O)Nc1nnc(C(C)C)s1. The summed E-state index contributed by atoms with van der Waals surface area (Å²) in [5.41, 5.74) is 0. The van der Waals surface area contributed by atoms with Crippen LogP contribution in [-0.2, 0) is 14.8 Å². The van der Waals surface area contributed by atoms with Gasteiger partial charge in [0.25, 0.3) is 0 Å². The van der Waals surface area contributed by atoms with Crippen molar-refractivity contribution in [2.24, 2.45) is 0 Å². The quantitative estimate of drug-likeness (QED) is 0.792. The number of anilines is 1. The van der Waals surface area contributed by atoms with Crippen LogP contribution in [0.15, 0.2) is 29.2 Å². The first-order chi connectivity index (χ1) is 11.2. The summed E-state index contributed by atoms with van der Waals surface area (Å²) in [6.45, 7) is 5.39. The Morgan fingerprint density at radius 3 is 2.33 bits per heavy atom. The summed E-state index contributed by atoms with van der Waals surface area (Å²) in [5.74, 6) is -0.312. The van der Waals surface area contributed by atoms with Gasteiger partial charge in [-0.15, -0.1) is 10.2 Å². The fourth-order valence-electron chi connectivity index (χ4n) is 1.70. The van der Waals surface area contributed by atoms with Crippen LogP contribution in [0.25, 0.3) is 0 Å². The number of nitrogens with zero attached hydrogens (tertiary/aromatic N) is 2. The smallest absolute Gasteiger partial charge is 0.244 e. The molecule has 0 aliphatic carbocycles. The molecule has 0 aliphatic rings. The molecule has 1 heterocycles. The third-order valence-electron chi connectivity index (χ3n) is 3.01. The number of hydrogen-bond acceptors (Lipinski definition) is 6. The molecule has 0 saturated carbocycles. The molecule has 1 atom stereocenters. The number of carbonyl (C=O) groups is 1. The van der Waals surface area contributed by atoms with Gasteiger partial charge in [0.15, 0.2) is 0 Å². The van der Waals surface area contributed by atoms with E-state index in [0.717, 1.165) is 5.01 Å². The van der Waals surface area contributed by atoms with Crippen LogP contribution in [0.5, 0.6) is 0 Å². The second-order valence-electron chi connectivity index (χ2n) is 5.39. The number of amides is 1. The molecule has 0 saturated heterocycles. The van der Waals surface area contributed by atoms with Crippen LogP contribution in [0.2, 0.25) is 5.02 Å². The molecule has 7 nitrogen and oxygen atoms in total. The average molecular weight is 389 g/mol. The van der Waals surface area contributed by atoms with E-state index in [-0.39, 0.29) is 10.8 Å². The van der Waals surface area contributed by atoms with Crippen molar-refractivity contribution in [3.05, 3.63) is 34.3 Å². The van der Waals surface area contributed by atoms with Crippen molar-refractivity contribution in [2.45, 2.75) is 37.6 Å². The summed E-state index contributed by atoms with van der Waals surface area (Å²) in [6.07, 6.45) is 0. The predicted octanol–water partition coefficient (Wildman–Crippen LogP) is 2.62. The van der Waals surface area contributed by atoms with Gasteiger partial charge in [0.2, 0.25) is 21.1 Å². The van der Waals surface area contributed by atoms with Crippen molar-refractivity contribution in [1.29, 1.82) is 0 Å². The summed E-state index contributed by atoms with van der Waals surface area (Å²) in [4.78, 5) is 12.2. The molecule has 2 rings (SSSR count). The highest BCUT2D eigenvalue weighted by Crippen LogP contribution is 2.22. The zero-order chi connectivity index (χ0) is 17.9. The lowest BCUT2D eigenvalue weighted by atomic mass is 10.2. The Bertz CT molecular complexity index is 819. The van der Waals surface area contributed by atoms with Gasteiger partial charge in [-0.2, -0.15) is 4.72 Å². The fraction of sp³-hybridized carbons (Fsp3) is 0.357. The zero-order valence-electron chi connectivity index (χ0n) is 13.3. The summed E-state index contributed by atoms with van der Waals surface area (Å²) in [5, 5.41) is 11.9. The van der Waals surface area contributed by atoms with Gasteiger partial charge in [0.1, 0.15) is 5.01 Å². The van der Waals surface area contributed by atoms with E-state index < -0.39 is 22.0 Å². The van der Waals surface area contributed by atoms with Gasteiger partial charge in [-0.1, -0.05) is 36.8 Å². The highest BCUT2D eigenvalue weighted by Gasteiger charge is 2.23. The summed E-state index contributed by atoms with van der Waals surface area (Å²) < 4.78 is 26.8. The first kappa shape index (κ1) is 18.8. The zero-order valence-corrected chi connectivity index (χ0v) is 15.7. The van der Waals surface area contributed by atoms with Crippen LogP contribution < -0.4 is 10.0 Å². The molecule has 24 heavy (non-hydrogen) atoms. The van der Waals surface area contributed by atoms with Crippen LogP contribution >= 0.6 is 22.9 Å². The van der Waals surface area contributed by atoms with E-state index in [1.807, 2.05) is 13.8 Å². The maximum Gasteiger partial charge on any atom is 0.244 e. The summed E-state index contributed by atoms with van der Waals surface area (Å²) in [6, 6.07) is 4.70. The van der Waals surface area contributed by atoms with Gasteiger partial charge in [-0.25, -0.2) is 8.42 Å². The van der Waals surface area contributed by atoms with Crippen molar-refractivity contribution in [2.75, 3.05) is 5.32 Å². The number of aromatic nitrogens is 2. The van der Waals surface area contributed by atoms with E-state index in [4.69, 9.17) is 11.6 Å². The van der Waals surface area contributed by atoms with E-state index in [1.165, 1.54) is 42.5 Å². The van der Waals surface area contributed by atoms with Crippen molar-refractivity contribution in [1.82, 2.24) is 14.9 Å². The molecule has 1 unspecified atom stereocenters. The largest absolute Gasteiger partial charge is 0.299 e. The minimum atomic E-state index is -3.82. The van der Waals surface area contributed by atoms with Crippen molar-refractivity contribution >= 4 is 44.0 Å². The van der Waals surface area contributed by atoms with Crippen LogP contribution in [0.1, 0.15) is 31.7 Å². The molecular formula is C14H17ClN4O3S2. The number of halogens is 1. The van der Waals surface area contributed by atoms with E-state index in [9.17, 15) is 13.2 Å². The standard InChI is InChI=1S/C14H17ClN4O3S2/c1-8(2)13-17-18-14(23-13)16-12(20)9(3)19-24(21,22)11-6-4-10(15)5-7-11/h4-9,19H,1-3H3,(H,16,18,20). The molecule has 2 aromatic rings. The van der Waals surface area contributed by atoms with E-state index in [2.05, 4.69) is 20.2 Å². The van der Waals surface area contributed by atoms with Gasteiger partial charge >= 0.3 is 0 Å². The Kier molecular flexibility index (Phi) is 5.92. The molecule has 0 aliphatic heterocycles. The van der Waals surface area contributed by atoms with Crippen LogP contribution in [0.3, 0.4) is 0 Å². The third kappa shape index (κ3) is 4.73. The van der Waals surface area contributed by atoms with Gasteiger partial charge in [-0.05, 0) is 31.2 Å². The highest BCUT2D eigenvalue weighted by molar-refractivity contribution is 7.89. The molecular weight excluding hydrogens is 372 g/mol. The van der Waals surface area contributed by atoms with E-state index in [0.29, 0.717) is 10.2 Å². The first-order valence-electron chi connectivity index (χ1n) is 7.11. The Labute approximate surface area is 149 Å². The highest BCUT2D eigenvalue weighted by atomic mass is 35.5. The molecule has 0 radical (unpaired) electrons. The molecule has 1 aromatic carbocycles. The van der Waals surface area contributed by atoms with Gasteiger partial charge < -0.3 is 0 Å². The number of carbonyl (C=O) groups excluding carboxylic acids is 1. The van der Waals surface area contributed by atoms with E-state index >= 15 is 0 Å². The minimum absolute atomic E-state index is 0.0320. The Morgan fingerprint density at radius 1 is 1.17 bits per heavy atom. The van der Waals surface area contributed by atoms with Gasteiger partial charge in [0.05, 0.1) is 10.9 Å². The number of benzene rings is 1. The molecule has 0 fully saturated rings. The Morgan fingerprint density at radius 2 is 1.79 bits per heavy atom. The lowest BCUT2D eigenvalue weighted by molar-refractivity contribution is -0.117. The first-order valence-corrected chi connectivity index (χ1v) is 9.79. The molecule has 2 N–H and O–H groups in total. The number of sulfonamides is 1. The third-order valence-corrected chi connectivity index (χ3v) is 5.96. The van der Waals surface area contributed by atoms with Crippen molar-refractivity contribution in [3.8, 4) is 0 Å². The second-order valence-corrected chi connectivity index (χ2v) is 8.55. The molecule has 1 aromatic heterocycles. The fourth-order valence-corrected chi connectivity index (χ4v) is 3.78. The summed E-state index contributed by atoms with van der Waals surface area (Å²) >= 11 is 7.00. The second kappa shape index (κ2) is 7.56. The molecule has 0 bridgehead atoms. The number of rotatable bonds is 6. The molecule has 0 spiro atoms. The number of hydrogen-bond donors (Lipinski definition) is 2. The minimum Gasteiger partial charge on any atom is -0.299 e. The van der Waals surface area contributed by atoms with Crippen LogP contribution in [-0.4, -0.2) is 30.6 Å². The molecule has 10 heteroatoms. The van der Waals surface area contributed by atoms with Crippen molar-refractivity contribution in [3.63, 3.8) is 0 Å². The lowest BCUT2D eigenvalue weighted by Gasteiger charge is -2.13. The van der Waals surface area contributed by atoms with Crippen molar-refractivity contribution < 1.29 is 13.2 Å². The molecule has 1 amide bonds. The number of nitrogens with one attached hydrogen (secondary N) is 2. The van der Waals surface area contributed by atoms with Crippen LogP contribution in [0.4, 0.5) is 5.13 Å². The van der Waals surface area contributed by atoms with Crippen LogP contribution in [0, 0.1) is 0 Å². The molecule has 130 valence electrons. The monoisotopic (exact) mass is 388 g/mol. The Hall–Kier alpha value is -1.55. The van der Waals surface area contributed by atoms with E-state index in [1.54, 1.807) is 0 Å². The van der Waals surface area contributed by atoms with Gasteiger partial charge in [0, 0.05) is 10.9 Å². The summed E-state index contributed by atoms with van der Waals surface area (Å²) in [7, 11) is -3.82. The maximum atomic E-state index is 12.2. The predicted molar refractivity (Wildman–Crippen MR) is 93.9 cm³/mol. The topological polar surface area (TPSA) is 101 Å². The van der Waals surface area contributed by atoms with Gasteiger partial charge in [-0.3, -0.25) is 10.1 Å². The Balaban J connectivity index is 2.03. The average Bonchev–Trinajstić information content (AvgIpc) is 2.96. The normalized spacial score (nSPS) is 13.0. The lowest BCUT2D eigenvalue weighted by Crippen LogP contribution is -2.41.